The van der Waals surface area contributed by atoms with Crippen LogP contribution in [-0.4, -0.2) is 15.0 Å². The van der Waals surface area contributed by atoms with Crippen molar-refractivity contribution in [3.63, 3.8) is 0 Å². The monoisotopic (exact) mass is 271 g/mol. The van der Waals surface area contributed by atoms with Gasteiger partial charge in [-0.1, -0.05) is 42.5 Å². The van der Waals surface area contributed by atoms with Crippen LogP contribution >= 0.6 is 0 Å². The van der Waals surface area contributed by atoms with Gasteiger partial charge in [0.2, 0.25) is 0 Å². The molecule has 2 heterocycles. The Kier molecular flexibility index (Phi) is 2.75. The third-order valence-corrected chi connectivity index (χ3v) is 3.59. The molecule has 0 unspecified atom stereocenters. The zero-order chi connectivity index (χ0) is 14.1. The molecule has 4 aromatic rings. The molecule has 0 atom stereocenters. The van der Waals surface area contributed by atoms with Gasteiger partial charge in [-0.3, -0.25) is 4.98 Å². The molecule has 0 fully saturated rings. The number of H-pyrrole nitrogens is 1. The van der Waals surface area contributed by atoms with Crippen LogP contribution in [0.4, 0.5) is 0 Å². The van der Waals surface area contributed by atoms with E-state index in [-0.39, 0.29) is 0 Å². The lowest BCUT2D eigenvalue weighted by atomic mass is 10.0. The van der Waals surface area contributed by atoms with Crippen LogP contribution in [0, 0.1) is 0 Å². The summed E-state index contributed by atoms with van der Waals surface area (Å²) in [6.07, 6.45) is 5.46. The van der Waals surface area contributed by atoms with E-state index >= 15 is 0 Å². The van der Waals surface area contributed by atoms with Crippen molar-refractivity contribution in [1.29, 1.82) is 0 Å². The summed E-state index contributed by atoms with van der Waals surface area (Å²) in [5.41, 5.74) is 3.13. The molecule has 4 rings (SSSR count). The van der Waals surface area contributed by atoms with Gasteiger partial charge in [-0.25, -0.2) is 4.98 Å². The van der Waals surface area contributed by atoms with Crippen molar-refractivity contribution >= 4 is 10.8 Å². The number of benzene rings is 2. The fraction of sp³-hybridized carbons (Fsp3) is 0. The fourth-order valence-electron chi connectivity index (χ4n) is 2.56. The number of nitrogens with zero attached hydrogens (tertiary/aromatic N) is 2. The van der Waals surface area contributed by atoms with Gasteiger partial charge in [-0.05, 0) is 22.9 Å². The van der Waals surface area contributed by atoms with Gasteiger partial charge in [0, 0.05) is 23.5 Å². The first-order valence-corrected chi connectivity index (χ1v) is 6.85. The Labute approximate surface area is 122 Å². The second-order valence-electron chi connectivity index (χ2n) is 4.91. The van der Waals surface area contributed by atoms with Crippen LogP contribution in [-0.2, 0) is 0 Å². The number of hydrogen-bond acceptors (Lipinski definition) is 2. The van der Waals surface area contributed by atoms with Crippen LogP contribution in [0.2, 0.25) is 0 Å². The minimum Gasteiger partial charge on any atom is -0.338 e. The molecule has 0 spiro atoms. The van der Waals surface area contributed by atoms with Crippen LogP contribution in [0.25, 0.3) is 33.4 Å². The number of rotatable bonds is 2. The van der Waals surface area contributed by atoms with Crippen molar-refractivity contribution in [2.24, 2.45) is 0 Å². The van der Waals surface area contributed by atoms with E-state index in [0.29, 0.717) is 0 Å². The lowest BCUT2D eigenvalue weighted by Gasteiger charge is -2.03. The summed E-state index contributed by atoms with van der Waals surface area (Å²) in [5.74, 6) is 0.880. The quantitative estimate of drug-likeness (QED) is 0.591. The Morgan fingerprint density at radius 2 is 1.71 bits per heavy atom. The molecule has 0 amide bonds. The standard InChI is InChI=1S/C18H13N3/c1-2-8-15-13(5-1)6-3-9-16(15)18-20-12-17(21-18)14-7-4-10-19-11-14/h1-12H,(H,20,21). The van der Waals surface area contributed by atoms with Crippen molar-refractivity contribution in [1.82, 2.24) is 15.0 Å². The van der Waals surface area contributed by atoms with E-state index < -0.39 is 0 Å². The summed E-state index contributed by atoms with van der Waals surface area (Å²) in [6.45, 7) is 0. The first-order chi connectivity index (χ1) is 10.4. The highest BCUT2D eigenvalue weighted by molar-refractivity contribution is 5.95. The van der Waals surface area contributed by atoms with Crippen molar-refractivity contribution in [2.45, 2.75) is 0 Å². The number of pyridine rings is 1. The molecule has 0 bridgehead atoms. The Hall–Kier alpha value is -2.94. The molecule has 100 valence electrons. The number of aromatic nitrogens is 3. The van der Waals surface area contributed by atoms with Gasteiger partial charge in [-0.15, -0.1) is 0 Å². The molecule has 21 heavy (non-hydrogen) atoms. The topological polar surface area (TPSA) is 41.6 Å². The van der Waals surface area contributed by atoms with Crippen LogP contribution in [0.15, 0.2) is 73.2 Å². The van der Waals surface area contributed by atoms with Gasteiger partial charge in [0.15, 0.2) is 0 Å². The maximum absolute atomic E-state index is 4.53. The smallest absolute Gasteiger partial charge is 0.138 e. The third-order valence-electron chi connectivity index (χ3n) is 3.59. The zero-order valence-electron chi connectivity index (χ0n) is 11.3. The number of fused-ring (bicyclic) bond motifs is 1. The SMILES string of the molecule is c1cncc(-c2cnc(-c3cccc4ccccc34)[nH]2)c1. The second-order valence-corrected chi connectivity index (χ2v) is 4.91. The van der Waals surface area contributed by atoms with Crippen molar-refractivity contribution in [3.8, 4) is 22.6 Å². The minimum absolute atomic E-state index is 0.880. The summed E-state index contributed by atoms with van der Waals surface area (Å²) in [6, 6.07) is 18.6. The number of hydrogen-bond donors (Lipinski definition) is 1. The van der Waals surface area contributed by atoms with Crippen LogP contribution < -0.4 is 0 Å². The van der Waals surface area contributed by atoms with Gasteiger partial charge in [-0.2, -0.15) is 0 Å². The Balaban J connectivity index is 1.85. The predicted molar refractivity (Wildman–Crippen MR) is 84.8 cm³/mol. The molecule has 3 heteroatoms. The fourth-order valence-corrected chi connectivity index (χ4v) is 2.56. The molecule has 1 N–H and O–H groups in total. The summed E-state index contributed by atoms with van der Waals surface area (Å²) >= 11 is 0. The second kappa shape index (κ2) is 4.87. The predicted octanol–water partition coefficient (Wildman–Crippen LogP) is 4.29. The van der Waals surface area contributed by atoms with Gasteiger partial charge in [0.1, 0.15) is 5.82 Å². The van der Waals surface area contributed by atoms with Crippen molar-refractivity contribution < 1.29 is 0 Å². The molecule has 0 radical (unpaired) electrons. The normalized spacial score (nSPS) is 10.9. The largest absolute Gasteiger partial charge is 0.338 e. The van der Waals surface area contributed by atoms with E-state index in [1.807, 2.05) is 24.5 Å². The van der Waals surface area contributed by atoms with Crippen molar-refractivity contribution in [2.75, 3.05) is 0 Å². The summed E-state index contributed by atoms with van der Waals surface area (Å²) in [7, 11) is 0. The lowest BCUT2D eigenvalue weighted by Crippen LogP contribution is -1.84. The van der Waals surface area contributed by atoms with Gasteiger partial charge >= 0.3 is 0 Å². The van der Waals surface area contributed by atoms with Crippen LogP contribution in [0.5, 0.6) is 0 Å². The first kappa shape index (κ1) is 11.9. The Morgan fingerprint density at radius 1 is 0.810 bits per heavy atom. The molecule has 2 aromatic carbocycles. The van der Waals surface area contributed by atoms with Gasteiger partial charge in [0.05, 0.1) is 11.9 Å². The Bertz CT molecular complexity index is 889. The molecule has 2 aromatic heterocycles. The highest BCUT2D eigenvalue weighted by atomic mass is 14.9. The molecule has 0 aliphatic heterocycles. The molecule has 0 aliphatic carbocycles. The van der Waals surface area contributed by atoms with E-state index in [0.717, 1.165) is 22.6 Å². The van der Waals surface area contributed by atoms with E-state index in [1.54, 1.807) is 6.20 Å². The zero-order valence-corrected chi connectivity index (χ0v) is 11.3. The summed E-state index contributed by atoms with van der Waals surface area (Å²) in [4.78, 5) is 12.1. The number of aromatic amines is 1. The van der Waals surface area contributed by atoms with Crippen LogP contribution in [0.3, 0.4) is 0 Å². The molecular formula is C18H13N3. The van der Waals surface area contributed by atoms with Gasteiger partial charge in [0.25, 0.3) is 0 Å². The summed E-state index contributed by atoms with van der Waals surface area (Å²) in [5, 5.41) is 2.42. The lowest BCUT2D eigenvalue weighted by molar-refractivity contribution is 1.30. The van der Waals surface area contributed by atoms with E-state index in [9.17, 15) is 0 Å². The van der Waals surface area contributed by atoms with E-state index in [1.165, 1.54) is 10.8 Å². The van der Waals surface area contributed by atoms with Crippen LogP contribution in [0.1, 0.15) is 0 Å². The third kappa shape index (κ3) is 2.09. The maximum atomic E-state index is 4.53. The molecular weight excluding hydrogens is 258 g/mol. The average molecular weight is 271 g/mol. The highest BCUT2D eigenvalue weighted by Crippen LogP contribution is 2.28. The first-order valence-electron chi connectivity index (χ1n) is 6.85. The summed E-state index contributed by atoms with van der Waals surface area (Å²) < 4.78 is 0. The highest BCUT2D eigenvalue weighted by Gasteiger charge is 2.08. The Morgan fingerprint density at radius 3 is 2.62 bits per heavy atom. The average Bonchev–Trinajstić information content (AvgIpc) is 3.05. The van der Waals surface area contributed by atoms with E-state index in [4.69, 9.17) is 0 Å². The number of imidazole rings is 1. The molecule has 0 saturated carbocycles. The molecule has 0 saturated heterocycles. The molecule has 3 nitrogen and oxygen atoms in total. The van der Waals surface area contributed by atoms with Crippen molar-refractivity contribution in [3.05, 3.63) is 73.2 Å². The van der Waals surface area contributed by atoms with Gasteiger partial charge < -0.3 is 4.98 Å². The number of nitrogens with one attached hydrogen (secondary N) is 1. The minimum atomic E-state index is 0.880. The maximum Gasteiger partial charge on any atom is 0.138 e. The molecule has 0 aliphatic rings. The van der Waals surface area contributed by atoms with E-state index in [2.05, 4.69) is 57.4 Å².